The first-order valence-electron chi connectivity index (χ1n) is 6.61. The van der Waals surface area contributed by atoms with Gasteiger partial charge in [-0.05, 0) is 20.8 Å². The van der Waals surface area contributed by atoms with E-state index in [0.717, 1.165) is 6.08 Å². The number of rotatable bonds is 3. The molecule has 1 rings (SSSR count). The SMILES string of the molecule is CC(=O)C1=C(C)C([N+](=O)[O-])(C(C)(C)C)C=C([N+](=O)[O-])C1C. The maximum atomic E-state index is 11.9. The number of nitrogens with zero attached hydrogens (tertiary/aromatic N) is 2. The van der Waals surface area contributed by atoms with E-state index in [1.54, 1.807) is 20.8 Å². The Labute approximate surface area is 123 Å². The molecule has 0 heterocycles. The molecular formula is C14H20N2O5. The summed E-state index contributed by atoms with van der Waals surface area (Å²) in [6.45, 7) is 9.25. The van der Waals surface area contributed by atoms with E-state index in [4.69, 9.17) is 0 Å². The van der Waals surface area contributed by atoms with E-state index in [1.807, 2.05) is 0 Å². The highest BCUT2D eigenvalue weighted by Gasteiger charge is 2.59. The highest BCUT2D eigenvalue weighted by molar-refractivity contribution is 5.95. The lowest BCUT2D eigenvalue weighted by molar-refractivity contribution is -0.565. The molecule has 0 saturated heterocycles. The van der Waals surface area contributed by atoms with Crippen LogP contribution in [0.5, 0.6) is 0 Å². The summed E-state index contributed by atoms with van der Waals surface area (Å²) in [6.07, 6.45) is 1.11. The topological polar surface area (TPSA) is 103 Å². The van der Waals surface area contributed by atoms with Crippen LogP contribution in [-0.4, -0.2) is 21.2 Å². The van der Waals surface area contributed by atoms with E-state index < -0.39 is 26.7 Å². The monoisotopic (exact) mass is 296 g/mol. The Morgan fingerprint density at radius 1 is 1.29 bits per heavy atom. The zero-order valence-electron chi connectivity index (χ0n) is 13.1. The Bertz CT molecular complexity index is 583. The second-order valence-corrected chi connectivity index (χ2v) is 6.42. The summed E-state index contributed by atoms with van der Waals surface area (Å²) in [6, 6.07) is 0. The van der Waals surface area contributed by atoms with Gasteiger partial charge >= 0.3 is 0 Å². The minimum absolute atomic E-state index is 0.163. The summed E-state index contributed by atoms with van der Waals surface area (Å²) in [7, 11) is 0. The van der Waals surface area contributed by atoms with Crippen LogP contribution in [-0.2, 0) is 4.79 Å². The Kier molecular flexibility index (Phi) is 4.09. The van der Waals surface area contributed by atoms with Crippen LogP contribution in [0.3, 0.4) is 0 Å². The molecule has 0 aromatic rings. The molecule has 2 atom stereocenters. The lowest BCUT2D eigenvalue weighted by Crippen LogP contribution is -2.52. The molecule has 116 valence electrons. The summed E-state index contributed by atoms with van der Waals surface area (Å²) in [5.74, 6) is -1.13. The molecule has 0 N–H and O–H groups in total. The molecule has 0 bridgehead atoms. The van der Waals surface area contributed by atoms with Crippen molar-refractivity contribution in [3.05, 3.63) is 43.1 Å². The van der Waals surface area contributed by atoms with Gasteiger partial charge in [0, 0.05) is 21.5 Å². The van der Waals surface area contributed by atoms with Gasteiger partial charge in [0.05, 0.1) is 16.9 Å². The standard InChI is InChI=1S/C14H20N2O5/c1-8-11(15(18)19)7-14(16(20)21,13(4,5)6)9(2)12(8)10(3)17/h7-8H,1-6H3. The van der Waals surface area contributed by atoms with E-state index in [9.17, 15) is 25.0 Å². The van der Waals surface area contributed by atoms with Crippen LogP contribution in [0.15, 0.2) is 22.9 Å². The maximum Gasteiger partial charge on any atom is 0.273 e. The summed E-state index contributed by atoms with van der Waals surface area (Å²) in [5, 5.41) is 23.0. The minimum atomic E-state index is -1.76. The molecule has 2 unspecified atom stereocenters. The van der Waals surface area contributed by atoms with Crippen LogP contribution in [0.25, 0.3) is 0 Å². The van der Waals surface area contributed by atoms with E-state index in [0.29, 0.717) is 0 Å². The smallest absolute Gasteiger partial charge is 0.273 e. The van der Waals surface area contributed by atoms with Gasteiger partial charge in [0.2, 0.25) is 0 Å². The fourth-order valence-electron chi connectivity index (χ4n) is 3.15. The Morgan fingerprint density at radius 3 is 2.05 bits per heavy atom. The van der Waals surface area contributed by atoms with Crippen LogP contribution in [0.2, 0.25) is 0 Å². The van der Waals surface area contributed by atoms with Crippen molar-refractivity contribution in [2.75, 3.05) is 0 Å². The Hall–Kier alpha value is -2.05. The predicted molar refractivity (Wildman–Crippen MR) is 76.8 cm³/mol. The molecule has 0 aromatic heterocycles. The molecule has 7 heteroatoms. The summed E-state index contributed by atoms with van der Waals surface area (Å²) < 4.78 is 0. The average Bonchev–Trinajstić information content (AvgIpc) is 2.25. The van der Waals surface area contributed by atoms with Gasteiger partial charge in [-0.25, -0.2) is 0 Å². The van der Waals surface area contributed by atoms with Gasteiger partial charge in [-0.2, -0.15) is 0 Å². The van der Waals surface area contributed by atoms with Gasteiger partial charge in [0.25, 0.3) is 11.2 Å². The van der Waals surface area contributed by atoms with Crippen molar-refractivity contribution in [2.24, 2.45) is 11.3 Å². The number of Topliss-reactive ketones (excluding diaryl/α,β-unsaturated/α-hetero) is 1. The van der Waals surface area contributed by atoms with Gasteiger partial charge in [-0.15, -0.1) is 0 Å². The average molecular weight is 296 g/mol. The van der Waals surface area contributed by atoms with Crippen molar-refractivity contribution >= 4 is 5.78 Å². The number of carbonyl (C=O) groups is 1. The van der Waals surface area contributed by atoms with Gasteiger partial charge < -0.3 is 0 Å². The molecule has 0 radical (unpaired) electrons. The summed E-state index contributed by atoms with van der Waals surface area (Å²) in [5.41, 5.74) is -2.52. The van der Waals surface area contributed by atoms with Gasteiger partial charge in [0.15, 0.2) is 5.78 Å². The first-order valence-corrected chi connectivity index (χ1v) is 6.61. The molecule has 0 fully saturated rings. The van der Waals surface area contributed by atoms with E-state index >= 15 is 0 Å². The number of ketones is 1. The lowest BCUT2D eigenvalue weighted by atomic mass is 9.63. The van der Waals surface area contributed by atoms with Crippen LogP contribution < -0.4 is 0 Å². The fourth-order valence-corrected chi connectivity index (χ4v) is 3.15. The zero-order chi connectivity index (χ0) is 16.7. The number of nitro groups is 2. The summed E-state index contributed by atoms with van der Waals surface area (Å²) >= 11 is 0. The normalized spacial score (nSPS) is 26.4. The summed E-state index contributed by atoms with van der Waals surface area (Å²) in [4.78, 5) is 33.8. The van der Waals surface area contributed by atoms with Crippen molar-refractivity contribution in [3.8, 4) is 0 Å². The molecule has 1 aliphatic carbocycles. The molecule has 0 aromatic carbocycles. The highest BCUT2D eigenvalue weighted by atomic mass is 16.6. The third-order valence-electron chi connectivity index (χ3n) is 4.23. The molecule has 1 aliphatic rings. The second-order valence-electron chi connectivity index (χ2n) is 6.42. The van der Waals surface area contributed by atoms with Crippen LogP contribution in [0.4, 0.5) is 0 Å². The van der Waals surface area contributed by atoms with Crippen molar-refractivity contribution < 1.29 is 14.6 Å². The van der Waals surface area contributed by atoms with Gasteiger partial charge in [-0.1, -0.05) is 20.8 Å². The molecular weight excluding hydrogens is 276 g/mol. The number of carbonyl (C=O) groups excluding carboxylic acids is 1. The number of allylic oxidation sites excluding steroid dienone is 1. The van der Waals surface area contributed by atoms with Gasteiger partial charge in [-0.3, -0.25) is 25.0 Å². The quantitative estimate of drug-likeness (QED) is 0.588. The van der Waals surface area contributed by atoms with Crippen molar-refractivity contribution in [1.82, 2.24) is 0 Å². The number of hydrogen-bond acceptors (Lipinski definition) is 5. The first-order chi connectivity index (χ1) is 9.37. The molecule has 0 saturated carbocycles. The third kappa shape index (κ3) is 2.36. The highest BCUT2D eigenvalue weighted by Crippen LogP contribution is 2.47. The van der Waals surface area contributed by atoms with Crippen LogP contribution >= 0.6 is 0 Å². The lowest BCUT2D eigenvalue weighted by Gasteiger charge is -2.38. The van der Waals surface area contributed by atoms with E-state index in [-0.39, 0.29) is 22.6 Å². The number of hydrogen-bond donors (Lipinski definition) is 0. The molecule has 0 aliphatic heterocycles. The second kappa shape index (κ2) is 5.05. The first kappa shape index (κ1) is 17.0. The maximum absolute atomic E-state index is 11.9. The van der Waals surface area contributed by atoms with E-state index in [1.165, 1.54) is 20.8 Å². The van der Waals surface area contributed by atoms with Crippen LogP contribution in [0.1, 0.15) is 41.5 Å². The van der Waals surface area contributed by atoms with Gasteiger partial charge in [0.1, 0.15) is 0 Å². The van der Waals surface area contributed by atoms with Crippen molar-refractivity contribution in [2.45, 2.75) is 47.1 Å². The van der Waals surface area contributed by atoms with Crippen LogP contribution in [0, 0.1) is 31.6 Å². The Morgan fingerprint density at radius 2 is 1.76 bits per heavy atom. The fraction of sp³-hybridized carbons (Fsp3) is 0.643. The zero-order valence-corrected chi connectivity index (χ0v) is 13.1. The molecule has 0 spiro atoms. The molecule has 0 amide bonds. The Balaban J connectivity index is 3.87. The van der Waals surface area contributed by atoms with E-state index in [2.05, 4.69) is 0 Å². The minimum Gasteiger partial charge on any atom is -0.295 e. The largest absolute Gasteiger partial charge is 0.295 e. The molecule has 7 nitrogen and oxygen atoms in total. The molecule has 21 heavy (non-hydrogen) atoms. The third-order valence-corrected chi connectivity index (χ3v) is 4.23. The van der Waals surface area contributed by atoms with Crippen molar-refractivity contribution in [1.29, 1.82) is 0 Å². The van der Waals surface area contributed by atoms with Crippen molar-refractivity contribution in [3.63, 3.8) is 0 Å². The predicted octanol–water partition coefficient (Wildman–Crippen LogP) is 2.76.